The molecule has 0 saturated carbocycles. The summed E-state index contributed by atoms with van der Waals surface area (Å²) in [7, 11) is -3.44. The number of aryl methyl sites for hydroxylation is 2. The van der Waals surface area contributed by atoms with Crippen molar-refractivity contribution in [3.63, 3.8) is 0 Å². The predicted octanol–water partition coefficient (Wildman–Crippen LogP) is 1.91. The zero-order valence-corrected chi connectivity index (χ0v) is 13.1. The van der Waals surface area contributed by atoms with Crippen LogP contribution in [0.15, 0.2) is 4.90 Å². The van der Waals surface area contributed by atoms with Crippen molar-refractivity contribution in [1.29, 1.82) is 0 Å². The molecule has 1 aromatic heterocycles. The number of alkyl halides is 1. The smallest absolute Gasteiger partial charge is 0.246 e. The first-order chi connectivity index (χ1) is 8.89. The Bertz CT molecular complexity index is 568. The Morgan fingerprint density at radius 1 is 1.42 bits per heavy atom. The van der Waals surface area contributed by atoms with E-state index in [1.807, 2.05) is 6.92 Å². The van der Waals surface area contributed by atoms with Gasteiger partial charge in [0.25, 0.3) is 0 Å². The fraction of sp³-hybridized carbons (Fsp3) is 0.750. The molecule has 0 radical (unpaired) electrons. The van der Waals surface area contributed by atoms with E-state index in [2.05, 4.69) is 5.10 Å². The molecule has 1 aromatic rings. The van der Waals surface area contributed by atoms with Crippen LogP contribution in [0, 0.1) is 13.8 Å². The fourth-order valence-electron chi connectivity index (χ4n) is 2.73. The van der Waals surface area contributed by atoms with Gasteiger partial charge in [-0.05, 0) is 33.6 Å². The summed E-state index contributed by atoms with van der Waals surface area (Å²) in [5.41, 5.74) is 1.24. The molecular weight excluding hydrogens is 286 g/mol. The molecule has 0 aliphatic carbocycles. The summed E-state index contributed by atoms with van der Waals surface area (Å²) in [6, 6.07) is 0.0696. The van der Waals surface area contributed by atoms with E-state index in [-0.39, 0.29) is 6.04 Å². The molecule has 2 heterocycles. The van der Waals surface area contributed by atoms with Gasteiger partial charge in [0.1, 0.15) is 4.90 Å². The van der Waals surface area contributed by atoms with Crippen molar-refractivity contribution in [1.82, 2.24) is 14.1 Å². The monoisotopic (exact) mass is 305 g/mol. The van der Waals surface area contributed by atoms with Crippen molar-refractivity contribution in [3.8, 4) is 0 Å². The van der Waals surface area contributed by atoms with E-state index in [1.165, 1.54) is 0 Å². The third-order valence-electron chi connectivity index (χ3n) is 3.67. The summed E-state index contributed by atoms with van der Waals surface area (Å²) in [5.74, 6) is 0.418. The molecule has 19 heavy (non-hydrogen) atoms. The van der Waals surface area contributed by atoms with Gasteiger partial charge in [-0.15, -0.1) is 11.6 Å². The van der Waals surface area contributed by atoms with E-state index in [9.17, 15) is 8.42 Å². The minimum Gasteiger partial charge on any atom is -0.267 e. The van der Waals surface area contributed by atoms with E-state index in [0.717, 1.165) is 12.8 Å². The van der Waals surface area contributed by atoms with Gasteiger partial charge in [0.2, 0.25) is 10.0 Å². The first-order valence-electron chi connectivity index (χ1n) is 6.51. The van der Waals surface area contributed by atoms with E-state index in [4.69, 9.17) is 11.6 Å². The van der Waals surface area contributed by atoms with Crippen molar-refractivity contribution in [2.75, 3.05) is 12.4 Å². The first kappa shape index (κ1) is 14.8. The molecule has 108 valence electrons. The van der Waals surface area contributed by atoms with E-state index in [1.54, 1.807) is 22.8 Å². The summed E-state index contributed by atoms with van der Waals surface area (Å²) in [4.78, 5) is 0.353. The Labute approximate surface area is 119 Å². The Hall–Kier alpha value is -0.590. The second-order valence-corrected chi connectivity index (χ2v) is 7.22. The lowest BCUT2D eigenvalue weighted by atomic mass is 10.3. The molecule has 0 amide bonds. The van der Waals surface area contributed by atoms with Crippen LogP contribution in [0.25, 0.3) is 0 Å². The highest BCUT2D eigenvalue weighted by atomic mass is 35.5. The lowest BCUT2D eigenvalue weighted by molar-refractivity contribution is 0.407. The molecule has 1 aliphatic heterocycles. The number of halogens is 1. The van der Waals surface area contributed by atoms with Gasteiger partial charge >= 0.3 is 0 Å². The maximum absolute atomic E-state index is 12.7. The SMILES string of the molecule is Cc1nn(CCCl)c(C)c1S(=O)(=O)N1CCCC1C. The third kappa shape index (κ3) is 2.53. The quantitative estimate of drug-likeness (QED) is 0.799. The maximum Gasteiger partial charge on any atom is 0.246 e. The van der Waals surface area contributed by atoms with Gasteiger partial charge in [0.05, 0.1) is 17.9 Å². The lowest BCUT2D eigenvalue weighted by Gasteiger charge is -2.21. The average Bonchev–Trinajstić information content (AvgIpc) is 2.85. The molecule has 2 rings (SSSR count). The zero-order valence-electron chi connectivity index (χ0n) is 11.6. The van der Waals surface area contributed by atoms with Gasteiger partial charge in [-0.1, -0.05) is 0 Å². The maximum atomic E-state index is 12.7. The fourth-order valence-corrected chi connectivity index (χ4v) is 4.97. The molecule has 1 unspecified atom stereocenters. The van der Waals surface area contributed by atoms with Crippen molar-refractivity contribution in [2.45, 2.75) is 51.1 Å². The molecule has 0 spiro atoms. The number of aromatic nitrogens is 2. The number of sulfonamides is 1. The highest BCUT2D eigenvalue weighted by molar-refractivity contribution is 7.89. The summed E-state index contributed by atoms with van der Waals surface area (Å²) < 4.78 is 28.8. The second-order valence-electron chi connectivity index (χ2n) is 5.02. The molecule has 1 atom stereocenters. The van der Waals surface area contributed by atoms with Gasteiger partial charge in [-0.2, -0.15) is 9.40 Å². The summed E-state index contributed by atoms with van der Waals surface area (Å²) >= 11 is 5.71. The molecule has 1 fully saturated rings. The van der Waals surface area contributed by atoms with Crippen LogP contribution >= 0.6 is 11.6 Å². The van der Waals surface area contributed by atoms with Crippen LogP contribution in [0.3, 0.4) is 0 Å². The van der Waals surface area contributed by atoms with Gasteiger partial charge in [0.15, 0.2) is 0 Å². The van der Waals surface area contributed by atoms with Crippen molar-refractivity contribution in [3.05, 3.63) is 11.4 Å². The Kier molecular flexibility index (Phi) is 4.23. The largest absolute Gasteiger partial charge is 0.267 e. The second kappa shape index (κ2) is 5.42. The summed E-state index contributed by atoms with van der Waals surface area (Å²) in [5, 5.41) is 4.29. The Morgan fingerprint density at radius 3 is 2.63 bits per heavy atom. The standard InChI is InChI=1S/C12H20ClN3O2S/c1-9-5-4-7-16(9)19(17,18)12-10(2)14-15(8-6-13)11(12)3/h9H,4-8H2,1-3H3. The molecule has 5 nitrogen and oxygen atoms in total. The van der Waals surface area contributed by atoms with Crippen LogP contribution in [0.1, 0.15) is 31.2 Å². The van der Waals surface area contributed by atoms with Crippen molar-refractivity contribution >= 4 is 21.6 Å². The van der Waals surface area contributed by atoms with Crippen LogP contribution in [0.2, 0.25) is 0 Å². The third-order valence-corrected chi connectivity index (χ3v) is 6.11. The van der Waals surface area contributed by atoms with Gasteiger partial charge in [-0.3, -0.25) is 4.68 Å². The first-order valence-corrected chi connectivity index (χ1v) is 8.49. The Balaban J connectivity index is 2.46. The van der Waals surface area contributed by atoms with Crippen LogP contribution < -0.4 is 0 Å². The van der Waals surface area contributed by atoms with Crippen LogP contribution in [0.4, 0.5) is 0 Å². The molecule has 0 bridgehead atoms. The number of nitrogens with zero attached hydrogens (tertiary/aromatic N) is 3. The Morgan fingerprint density at radius 2 is 2.11 bits per heavy atom. The van der Waals surface area contributed by atoms with E-state index in [0.29, 0.717) is 35.3 Å². The van der Waals surface area contributed by atoms with E-state index < -0.39 is 10.0 Å². The van der Waals surface area contributed by atoms with Gasteiger partial charge < -0.3 is 0 Å². The minimum absolute atomic E-state index is 0.0696. The molecule has 1 aliphatic rings. The van der Waals surface area contributed by atoms with Crippen LogP contribution in [0.5, 0.6) is 0 Å². The summed E-state index contributed by atoms with van der Waals surface area (Å²) in [6.45, 7) is 6.62. The molecular formula is C12H20ClN3O2S. The number of hydrogen-bond acceptors (Lipinski definition) is 3. The zero-order chi connectivity index (χ0) is 14.2. The van der Waals surface area contributed by atoms with Crippen LogP contribution in [-0.4, -0.2) is 41.0 Å². The lowest BCUT2D eigenvalue weighted by Crippen LogP contribution is -2.34. The molecule has 0 aromatic carbocycles. The number of hydrogen-bond donors (Lipinski definition) is 0. The van der Waals surface area contributed by atoms with E-state index >= 15 is 0 Å². The predicted molar refractivity (Wildman–Crippen MR) is 75.0 cm³/mol. The highest BCUT2D eigenvalue weighted by Gasteiger charge is 2.36. The molecule has 0 N–H and O–H groups in total. The van der Waals surface area contributed by atoms with Crippen LogP contribution in [-0.2, 0) is 16.6 Å². The topological polar surface area (TPSA) is 55.2 Å². The molecule has 1 saturated heterocycles. The number of rotatable bonds is 4. The van der Waals surface area contributed by atoms with Crippen molar-refractivity contribution in [2.24, 2.45) is 0 Å². The highest BCUT2D eigenvalue weighted by Crippen LogP contribution is 2.29. The normalized spacial score (nSPS) is 21.2. The van der Waals surface area contributed by atoms with Gasteiger partial charge in [0, 0.05) is 18.5 Å². The molecule has 7 heteroatoms. The minimum atomic E-state index is -3.44. The van der Waals surface area contributed by atoms with Crippen molar-refractivity contribution < 1.29 is 8.42 Å². The summed E-state index contributed by atoms with van der Waals surface area (Å²) in [6.07, 6.45) is 1.85. The van der Waals surface area contributed by atoms with Gasteiger partial charge in [-0.25, -0.2) is 8.42 Å². The average molecular weight is 306 g/mol.